The highest BCUT2D eigenvalue weighted by Gasteiger charge is 2.44. The van der Waals surface area contributed by atoms with Gasteiger partial charge < -0.3 is 45.4 Å². The number of carbonyl (C=O) groups excluding carboxylic acids is 1. The van der Waals surface area contributed by atoms with Crippen molar-refractivity contribution in [3.8, 4) is 0 Å². The summed E-state index contributed by atoms with van der Waals surface area (Å²) in [6.07, 6.45) is 24.6. The Kier molecular flexibility index (Phi) is 31.9. The van der Waals surface area contributed by atoms with E-state index in [1.165, 1.54) is 116 Å². The van der Waals surface area contributed by atoms with E-state index in [1.807, 2.05) is 6.08 Å². The average Bonchev–Trinajstić information content (AvgIpc) is 3.15. The maximum Gasteiger partial charge on any atom is 0.249 e. The summed E-state index contributed by atoms with van der Waals surface area (Å²) in [5, 5.41) is 64.6. The highest BCUT2D eigenvalue weighted by Crippen LogP contribution is 2.23. The second-order valence-electron chi connectivity index (χ2n) is 17.3. The average molecular weight is 786 g/mol. The molecule has 8 atom stereocenters. The predicted molar refractivity (Wildman–Crippen MR) is 223 cm³/mol. The SMILES string of the molecule is CC(C)CCCCCCCCC/C=C/[C@@H](O)[C@H](CO[C@@H]1O[C@H](CO)[C@@H](O)[C@H](O)[C@H]1O)NC(=O)C(O)CCCCCCCCCCCCCCCCCC(C)C. The molecular weight excluding hydrogens is 698 g/mol. The molecule has 1 saturated heterocycles. The van der Waals surface area contributed by atoms with E-state index in [1.54, 1.807) is 6.08 Å². The number of amides is 1. The largest absolute Gasteiger partial charge is 0.394 e. The Hall–Kier alpha value is -1.11. The molecule has 1 rings (SSSR count). The number of aliphatic hydroxyl groups excluding tert-OH is 6. The third-order valence-electron chi connectivity index (χ3n) is 11.1. The summed E-state index contributed by atoms with van der Waals surface area (Å²) in [6.45, 7) is 8.24. The number of aliphatic hydroxyl groups is 6. The molecule has 1 aliphatic heterocycles. The number of hydrogen-bond donors (Lipinski definition) is 7. The summed E-state index contributed by atoms with van der Waals surface area (Å²) in [4.78, 5) is 13.0. The van der Waals surface area contributed by atoms with E-state index in [4.69, 9.17) is 9.47 Å². The predicted octanol–water partition coefficient (Wildman–Crippen LogP) is 8.02. The standard InChI is InChI=1S/C45H87NO9/c1-35(2)29-25-21-17-13-10-8-6-5-7-9-11-15-20-24-28-32-39(49)44(53)46-37(34-54-45-43(52)42(51)41(50)40(33-47)55-45)38(48)31-27-23-19-16-12-14-18-22-26-30-36(3)4/h27,31,35-43,45,47-52H,5-26,28-30,32-34H2,1-4H3,(H,46,53)/b31-27+/t37-,38+,39?,40+,41+,42-,43+,45+/m0/s1. The van der Waals surface area contributed by atoms with E-state index in [0.29, 0.717) is 6.42 Å². The summed E-state index contributed by atoms with van der Waals surface area (Å²) in [5.74, 6) is 0.979. The first kappa shape index (κ1) is 51.9. The molecule has 10 heteroatoms. The van der Waals surface area contributed by atoms with Gasteiger partial charge in [-0.2, -0.15) is 0 Å². The monoisotopic (exact) mass is 786 g/mol. The van der Waals surface area contributed by atoms with E-state index in [0.717, 1.165) is 56.8 Å². The van der Waals surface area contributed by atoms with Gasteiger partial charge in [-0.3, -0.25) is 4.79 Å². The van der Waals surface area contributed by atoms with Gasteiger partial charge in [0.1, 0.15) is 30.5 Å². The highest BCUT2D eigenvalue weighted by molar-refractivity contribution is 5.80. The van der Waals surface area contributed by atoms with Crippen LogP contribution in [0.5, 0.6) is 0 Å². The van der Waals surface area contributed by atoms with Crippen molar-refractivity contribution in [1.82, 2.24) is 5.32 Å². The van der Waals surface area contributed by atoms with Crippen molar-refractivity contribution in [3.05, 3.63) is 12.2 Å². The maximum absolute atomic E-state index is 13.0. The summed E-state index contributed by atoms with van der Waals surface area (Å²) in [6, 6.07) is -0.976. The molecule has 0 aromatic carbocycles. The quantitative estimate of drug-likeness (QED) is 0.0246. The third-order valence-corrected chi connectivity index (χ3v) is 11.1. The zero-order valence-electron chi connectivity index (χ0n) is 35.6. The summed E-state index contributed by atoms with van der Waals surface area (Å²) < 4.78 is 11.1. The van der Waals surface area contributed by atoms with E-state index >= 15 is 0 Å². The lowest BCUT2D eigenvalue weighted by atomic mass is 9.99. The van der Waals surface area contributed by atoms with E-state index in [9.17, 15) is 35.4 Å². The topological polar surface area (TPSA) is 169 Å². The van der Waals surface area contributed by atoms with Crippen LogP contribution < -0.4 is 5.32 Å². The molecule has 0 bridgehead atoms. The summed E-state index contributed by atoms with van der Waals surface area (Å²) in [5.41, 5.74) is 0. The van der Waals surface area contributed by atoms with Crippen LogP contribution in [0.4, 0.5) is 0 Å². The van der Waals surface area contributed by atoms with Gasteiger partial charge in [0.15, 0.2) is 6.29 Å². The molecule has 326 valence electrons. The number of unbranched alkanes of at least 4 members (excludes halogenated alkanes) is 21. The molecule has 0 radical (unpaired) electrons. The van der Waals surface area contributed by atoms with Crippen molar-refractivity contribution in [1.29, 1.82) is 0 Å². The molecule has 1 amide bonds. The van der Waals surface area contributed by atoms with Gasteiger partial charge in [-0.05, 0) is 31.1 Å². The Morgan fingerprint density at radius 3 is 1.47 bits per heavy atom. The third kappa shape index (κ3) is 26.5. The molecule has 0 saturated carbocycles. The minimum atomic E-state index is -1.61. The van der Waals surface area contributed by atoms with Crippen molar-refractivity contribution >= 4 is 5.91 Å². The first-order valence-corrected chi connectivity index (χ1v) is 22.7. The number of carbonyl (C=O) groups is 1. The van der Waals surface area contributed by atoms with E-state index in [2.05, 4.69) is 33.0 Å². The molecule has 0 spiro atoms. The van der Waals surface area contributed by atoms with Crippen molar-refractivity contribution in [2.45, 2.75) is 244 Å². The smallest absolute Gasteiger partial charge is 0.249 e. The van der Waals surface area contributed by atoms with Gasteiger partial charge in [-0.1, -0.05) is 188 Å². The van der Waals surface area contributed by atoms with Crippen LogP contribution >= 0.6 is 0 Å². The first-order valence-electron chi connectivity index (χ1n) is 22.7. The van der Waals surface area contributed by atoms with Crippen LogP contribution in [0.1, 0.15) is 195 Å². The number of hydrogen-bond acceptors (Lipinski definition) is 9. The van der Waals surface area contributed by atoms with Crippen LogP contribution in [0.2, 0.25) is 0 Å². The van der Waals surface area contributed by atoms with Crippen LogP contribution in [-0.4, -0.2) is 98.7 Å². The molecule has 1 heterocycles. The molecule has 10 nitrogen and oxygen atoms in total. The lowest BCUT2D eigenvalue weighted by molar-refractivity contribution is -0.302. The van der Waals surface area contributed by atoms with E-state index in [-0.39, 0.29) is 6.61 Å². The van der Waals surface area contributed by atoms with Gasteiger partial charge in [0.2, 0.25) is 5.91 Å². The normalized spacial score (nSPS) is 22.1. The van der Waals surface area contributed by atoms with Crippen LogP contribution in [0.25, 0.3) is 0 Å². The first-order chi connectivity index (χ1) is 26.5. The lowest BCUT2D eigenvalue weighted by Gasteiger charge is -2.40. The number of ether oxygens (including phenoxy) is 2. The Bertz CT molecular complexity index is 917. The van der Waals surface area contributed by atoms with Crippen LogP contribution in [0, 0.1) is 11.8 Å². The van der Waals surface area contributed by atoms with Crippen molar-refractivity contribution in [3.63, 3.8) is 0 Å². The van der Waals surface area contributed by atoms with Gasteiger partial charge in [-0.25, -0.2) is 0 Å². The fourth-order valence-electron chi connectivity index (χ4n) is 7.30. The summed E-state index contributed by atoms with van der Waals surface area (Å²) in [7, 11) is 0. The molecule has 1 fully saturated rings. The zero-order chi connectivity index (χ0) is 40.7. The van der Waals surface area contributed by atoms with Gasteiger partial charge in [0.05, 0.1) is 25.4 Å². The summed E-state index contributed by atoms with van der Waals surface area (Å²) >= 11 is 0. The van der Waals surface area contributed by atoms with Crippen LogP contribution in [-0.2, 0) is 14.3 Å². The Labute approximate surface area is 336 Å². The minimum absolute atomic E-state index is 0.304. The van der Waals surface area contributed by atoms with Gasteiger partial charge in [-0.15, -0.1) is 0 Å². The molecule has 0 aliphatic carbocycles. The Morgan fingerprint density at radius 1 is 0.618 bits per heavy atom. The lowest BCUT2D eigenvalue weighted by Crippen LogP contribution is -2.60. The molecule has 0 aromatic rings. The van der Waals surface area contributed by atoms with Crippen LogP contribution in [0.15, 0.2) is 12.2 Å². The Balaban J connectivity index is 2.39. The number of allylic oxidation sites excluding steroid dienone is 1. The fraction of sp³-hybridized carbons (Fsp3) is 0.933. The van der Waals surface area contributed by atoms with Gasteiger partial charge in [0.25, 0.3) is 0 Å². The highest BCUT2D eigenvalue weighted by atomic mass is 16.7. The van der Waals surface area contributed by atoms with Gasteiger partial charge in [0, 0.05) is 0 Å². The second kappa shape index (κ2) is 33.8. The van der Waals surface area contributed by atoms with E-state index < -0.39 is 61.5 Å². The molecular formula is C45H87NO9. The molecule has 1 aliphatic rings. The van der Waals surface area contributed by atoms with Crippen LogP contribution in [0.3, 0.4) is 0 Å². The fourth-order valence-corrected chi connectivity index (χ4v) is 7.30. The number of rotatable bonds is 36. The Morgan fingerprint density at radius 2 is 1.04 bits per heavy atom. The second-order valence-corrected chi connectivity index (χ2v) is 17.3. The van der Waals surface area contributed by atoms with Gasteiger partial charge >= 0.3 is 0 Å². The van der Waals surface area contributed by atoms with Crippen molar-refractivity contribution in [2.75, 3.05) is 13.2 Å². The molecule has 1 unspecified atom stereocenters. The molecule has 7 N–H and O–H groups in total. The van der Waals surface area contributed by atoms with Crippen molar-refractivity contribution in [2.24, 2.45) is 11.8 Å². The molecule has 0 aromatic heterocycles. The molecule has 55 heavy (non-hydrogen) atoms. The number of nitrogens with one attached hydrogen (secondary N) is 1. The minimum Gasteiger partial charge on any atom is -0.394 e. The zero-order valence-corrected chi connectivity index (χ0v) is 35.6. The maximum atomic E-state index is 13.0. The van der Waals surface area contributed by atoms with Crippen molar-refractivity contribution < 1.29 is 44.9 Å².